The fraction of sp³-hybridized carbons (Fsp3) is 0.385. The molecule has 2 aromatic carbocycles. The molecule has 0 radical (unpaired) electrons. The molecule has 4 rings (SSSR count). The Labute approximate surface area is 188 Å². The number of hydrazone groups is 1. The average Bonchev–Trinajstić information content (AvgIpc) is 3.30. The van der Waals surface area contributed by atoms with Crippen LogP contribution in [0, 0.1) is 0 Å². The topological polar surface area (TPSA) is 69.3 Å². The molecule has 168 valence electrons. The molecule has 1 saturated heterocycles. The van der Waals surface area contributed by atoms with E-state index in [1.54, 1.807) is 18.2 Å². The van der Waals surface area contributed by atoms with E-state index < -0.39 is 5.63 Å². The van der Waals surface area contributed by atoms with Crippen LogP contribution in [0.2, 0.25) is 0 Å². The maximum Gasteiger partial charge on any atom is 0.343 e. The third-order valence-corrected chi connectivity index (χ3v) is 6.07. The van der Waals surface area contributed by atoms with Gasteiger partial charge < -0.3 is 19.4 Å². The third-order valence-electron chi connectivity index (χ3n) is 6.07. The van der Waals surface area contributed by atoms with Crippen LogP contribution in [0.4, 0.5) is 0 Å². The number of hydrogen-bond donors (Lipinski definition) is 1. The van der Waals surface area contributed by atoms with Crippen molar-refractivity contribution in [2.75, 3.05) is 33.7 Å². The fourth-order valence-electron chi connectivity index (χ4n) is 4.53. The number of rotatable bonds is 8. The SMILES string of the molecule is CN(C)/N=C(/CCN1CCCC1)CC(c1ccccc1)c1c(O)c2ccccc2oc1=O. The van der Waals surface area contributed by atoms with Gasteiger partial charge in [0, 0.05) is 38.7 Å². The number of hydrogen-bond acceptors (Lipinski definition) is 6. The highest BCUT2D eigenvalue weighted by Crippen LogP contribution is 2.36. The number of fused-ring (bicyclic) bond motifs is 1. The van der Waals surface area contributed by atoms with Gasteiger partial charge in [-0.05, 0) is 50.0 Å². The van der Waals surface area contributed by atoms with Gasteiger partial charge in [-0.2, -0.15) is 5.10 Å². The minimum absolute atomic E-state index is 0.00514. The van der Waals surface area contributed by atoms with Crippen molar-refractivity contribution < 1.29 is 9.52 Å². The number of nitrogens with zero attached hydrogens (tertiary/aromatic N) is 3. The highest BCUT2D eigenvalue weighted by molar-refractivity contribution is 5.87. The van der Waals surface area contributed by atoms with Crippen LogP contribution in [0.15, 0.2) is 68.9 Å². The standard InChI is InChI=1S/C26H31N3O3/c1-28(2)27-20(14-17-29-15-8-9-16-29)18-22(19-10-4-3-5-11-19)24-25(30)21-12-6-7-13-23(21)32-26(24)31/h3-7,10-13,22,30H,8-9,14-18H2,1-2H3/b27-20-. The van der Waals surface area contributed by atoms with E-state index in [2.05, 4.69) is 4.90 Å². The predicted octanol–water partition coefficient (Wildman–Crippen LogP) is 4.42. The summed E-state index contributed by atoms with van der Waals surface area (Å²) in [7, 11) is 3.82. The van der Waals surface area contributed by atoms with Crippen molar-refractivity contribution in [1.82, 2.24) is 9.91 Å². The van der Waals surface area contributed by atoms with Gasteiger partial charge in [0.1, 0.15) is 11.3 Å². The van der Waals surface area contributed by atoms with Gasteiger partial charge in [-0.3, -0.25) is 0 Å². The summed E-state index contributed by atoms with van der Waals surface area (Å²) >= 11 is 0. The quantitative estimate of drug-likeness (QED) is 0.323. The number of likely N-dealkylation sites (tertiary alicyclic amines) is 1. The van der Waals surface area contributed by atoms with Crippen LogP contribution in [0.3, 0.4) is 0 Å². The van der Waals surface area contributed by atoms with E-state index in [1.807, 2.05) is 55.5 Å². The van der Waals surface area contributed by atoms with Gasteiger partial charge >= 0.3 is 5.63 Å². The first kappa shape index (κ1) is 22.1. The molecule has 1 aliphatic rings. The Kier molecular flexibility index (Phi) is 6.90. The van der Waals surface area contributed by atoms with Gasteiger partial charge in [0.25, 0.3) is 0 Å². The first-order chi connectivity index (χ1) is 15.5. The molecule has 0 amide bonds. The largest absolute Gasteiger partial charge is 0.507 e. The average molecular weight is 434 g/mol. The normalized spacial score (nSPS) is 15.9. The molecule has 6 heteroatoms. The molecule has 6 nitrogen and oxygen atoms in total. The van der Waals surface area contributed by atoms with Crippen molar-refractivity contribution in [2.45, 2.75) is 31.6 Å². The Hall–Kier alpha value is -3.12. The van der Waals surface area contributed by atoms with Crippen molar-refractivity contribution in [1.29, 1.82) is 0 Å². The van der Waals surface area contributed by atoms with Gasteiger partial charge in [0.2, 0.25) is 0 Å². The van der Waals surface area contributed by atoms with Gasteiger partial charge in [-0.25, -0.2) is 4.79 Å². The summed E-state index contributed by atoms with van der Waals surface area (Å²) in [5, 5.41) is 18.3. The van der Waals surface area contributed by atoms with E-state index in [0.29, 0.717) is 23.0 Å². The van der Waals surface area contributed by atoms with Gasteiger partial charge in [-0.1, -0.05) is 42.5 Å². The molecule has 2 heterocycles. The number of para-hydroxylation sites is 1. The second-order valence-electron chi connectivity index (χ2n) is 8.63. The zero-order valence-electron chi connectivity index (χ0n) is 18.8. The Morgan fingerprint density at radius 3 is 2.50 bits per heavy atom. The lowest BCUT2D eigenvalue weighted by Gasteiger charge is -2.22. The highest BCUT2D eigenvalue weighted by atomic mass is 16.4. The molecule has 0 spiro atoms. The second kappa shape index (κ2) is 10.0. The van der Waals surface area contributed by atoms with E-state index in [4.69, 9.17) is 9.52 Å². The molecule has 0 aliphatic carbocycles. The van der Waals surface area contributed by atoms with Crippen molar-refractivity contribution in [3.05, 3.63) is 76.1 Å². The summed E-state index contributed by atoms with van der Waals surface area (Å²) < 4.78 is 5.61. The molecule has 3 aromatic rings. The van der Waals surface area contributed by atoms with Crippen LogP contribution in [-0.2, 0) is 0 Å². The van der Waals surface area contributed by atoms with E-state index >= 15 is 0 Å². The Morgan fingerprint density at radius 2 is 1.78 bits per heavy atom. The Bertz CT molecular complexity index is 1130. The Balaban J connectivity index is 1.74. The summed E-state index contributed by atoms with van der Waals surface area (Å²) in [5.41, 5.74) is 2.14. The van der Waals surface area contributed by atoms with Gasteiger partial charge in [-0.15, -0.1) is 0 Å². The van der Waals surface area contributed by atoms with Crippen LogP contribution in [-0.4, -0.2) is 54.5 Å². The lowest BCUT2D eigenvalue weighted by Crippen LogP contribution is -2.25. The zero-order chi connectivity index (χ0) is 22.5. The molecule has 0 saturated carbocycles. The summed E-state index contributed by atoms with van der Waals surface area (Å²) in [6, 6.07) is 16.9. The van der Waals surface area contributed by atoms with Crippen molar-refractivity contribution in [3.8, 4) is 5.75 Å². The molecule has 1 aliphatic heterocycles. The van der Waals surface area contributed by atoms with Crippen LogP contribution >= 0.6 is 0 Å². The number of aromatic hydroxyl groups is 1. The molecule has 1 unspecified atom stereocenters. The molecular formula is C26H31N3O3. The lowest BCUT2D eigenvalue weighted by molar-refractivity contribution is 0.346. The summed E-state index contributed by atoms with van der Waals surface area (Å²) in [4.78, 5) is 15.5. The smallest absolute Gasteiger partial charge is 0.343 e. The maximum atomic E-state index is 13.1. The second-order valence-corrected chi connectivity index (χ2v) is 8.63. The van der Waals surface area contributed by atoms with Gasteiger partial charge in [0.15, 0.2) is 0 Å². The van der Waals surface area contributed by atoms with Crippen molar-refractivity contribution in [2.24, 2.45) is 5.10 Å². The minimum atomic E-state index is -0.501. The van der Waals surface area contributed by atoms with E-state index in [-0.39, 0.29) is 11.7 Å². The monoisotopic (exact) mass is 433 g/mol. The minimum Gasteiger partial charge on any atom is -0.507 e. The summed E-state index contributed by atoms with van der Waals surface area (Å²) in [6.45, 7) is 3.21. The predicted molar refractivity (Wildman–Crippen MR) is 128 cm³/mol. The maximum absolute atomic E-state index is 13.1. The Morgan fingerprint density at radius 1 is 1.09 bits per heavy atom. The zero-order valence-corrected chi connectivity index (χ0v) is 18.8. The lowest BCUT2D eigenvalue weighted by atomic mass is 9.86. The van der Waals surface area contributed by atoms with Gasteiger partial charge in [0.05, 0.1) is 10.9 Å². The molecule has 1 aromatic heterocycles. The molecule has 32 heavy (non-hydrogen) atoms. The summed E-state index contributed by atoms with van der Waals surface area (Å²) in [5.74, 6) is -0.358. The molecule has 0 bridgehead atoms. The highest BCUT2D eigenvalue weighted by Gasteiger charge is 2.26. The third kappa shape index (κ3) is 5.02. The van der Waals surface area contributed by atoms with E-state index in [1.165, 1.54) is 12.8 Å². The summed E-state index contributed by atoms with van der Waals surface area (Å²) in [6.07, 6.45) is 3.85. The van der Waals surface area contributed by atoms with Crippen molar-refractivity contribution in [3.63, 3.8) is 0 Å². The van der Waals surface area contributed by atoms with Crippen molar-refractivity contribution >= 4 is 16.7 Å². The number of benzene rings is 2. The molecular weight excluding hydrogens is 402 g/mol. The van der Waals surface area contributed by atoms with Crippen LogP contribution in [0.25, 0.3) is 11.0 Å². The first-order valence-electron chi connectivity index (χ1n) is 11.3. The molecule has 1 atom stereocenters. The molecule has 1 N–H and O–H groups in total. The van der Waals surface area contributed by atoms with Crippen LogP contribution < -0.4 is 5.63 Å². The van der Waals surface area contributed by atoms with Crippen LogP contribution in [0.1, 0.15) is 42.7 Å². The van der Waals surface area contributed by atoms with E-state index in [9.17, 15) is 9.90 Å². The first-order valence-corrected chi connectivity index (χ1v) is 11.3. The van der Waals surface area contributed by atoms with E-state index in [0.717, 1.165) is 37.3 Å². The molecule has 1 fully saturated rings. The fourth-order valence-corrected chi connectivity index (χ4v) is 4.53. The van der Waals surface area contributed by atoms with Crippen LogP contribution in [0.5, 0.6) is 5.75 Å².